The van der Waals surface area contributed by atoms with Crippen LogP contribution >= 0.6 is 12.4 Å². The molecular weight excluding hydrogens is 298 g/mol. The van der Waals surface area contributed by atoms with Gasteiger partial charge in [-0.05, 0) is 43.0 Å². The van der Waals surface area contributed by atoms with Gasteiger partial charge >= 0.3 is 0 Å². The Hall–Kier alpha value is -1.65. The van der Waals surface area contributed by atoms with Crippen molar-refractivity contribution in [2.24, 2.45) is 11.7 Å². The molecule has 1 aromatic carbocycles. The number of pyridine rings is 1. The zero-order valence-corrected chi connectivity index (χ0v) is 13.3. The van der Waals surface area contributed by atoms with Gasteiger partial charge in [0.25, 0.3) is 5.91 Å². The van der Waals surface area contributed by atoms with Crippen molar-refractivity contribution < 1.29 is 4.79 Å². The number of nitrogens with two attached hydrogens (primary N) is 1. The summed E-state index contributed by atoms with van der Waals surface area (Å²) in [7, 11) is 0. The molecule has 0 bridgehead atoms. The van der Waals surface area contributed by atoms with E-state index in [0.29, 0.717) is 18.0 Å². The lowest BCUT2D eigenvalue weighted by atomic mass is 9.97. The molecule has 0 spiro atoms. The molecule has 0 aliphatic heterocycles. The summed E-state index contributed by atoms with van der Waals surface area (Å²) in [6.45, 7) is 0.505. The molecule has 1 amide bonds. The van der Waals surface area contributed by atoms with Crippen molar-refractivity contribution in [1.82, 2.24) is 10.3 Å². The number of hydrogen-bond acceptors (Lipinski definition) is 3. The minimum atomic E-state index is -0.0388. The smallest absolute Gasteiger partial charge is 0.251 e. The number of rotatable bonds is 4. The van der Waals surface area contributed by atoms with Crippen LogP contribution in [-0.2, 0) is 0 Å². The third-order valence-corrected chi connectivity index (χ3v) is 4.40. The van der Waals surface area contributed by atoms with Crippen LogP contribution in [0.3, 0.4) is 0 Å². The normalized spacial score (nSPS) is 16.2. The highest BCUT2D eigenvalue weighted by molar-refractivity contribution is 5.98. The Morgan fingerprint density at radius 2 is 2.09 bits per heavy atom. The number of fused-ring (bicyclic) bond motifs is 1. The number of halogens is 1. The first-order valence-corrected chi connectivity index (χ1v) is 7.63. The second-order valence-electron chi connectivity index (χ2n) is 5.77. The van der Waals surface area contributed by atoms with Gasteiger partial charge in [-0.1, -0.05) is 18.9 Å². The monoisotopic (exact) mass is 319 g/mol. The summed E-state index contributed by atoms with van der Waals surface area (Å²) >= 11 is 0. The van der Waals surface area contributed by atoms with Crippen LogP contribution < -0.4 is 11.1 Å². The number of benzene rings is 1. The summed E-state index contributed by atoms with van der Waals surface area (Å²) in [4.78, 5) is 16.7. The van der Waals surface area contributed by atoms with Crippen molar-refractivity contribution in [1.29, 1.82) is 0 Å². The van der Waals surface area contributed by atoms with Crippen molar-refractivity contribution in [2.75, 3.05) is 6.54 Å². The summed E-state index contributed by atoms with van der Waals surface area (Å²) < 4.78 is 0. The number of aromatic nitrogens is 1. The first-order chi connectivity index (χ1) is 10.3. The predicted octanol–water partition coefficient (Wildman–Crippen LogP) is 2.90. The fraction of sp³-hybridized carbons (Fsp3) is 0.412. The van der Waals surface area contributed by atoms with E-state index >= 15 is 0 Å². The number of nitrogens with zero attached hydrogens (tertiary/aromatic N) is 1. The van der Waals surface area contributed by atoms with Crippen molar-refractivity contribution in [3.05, 3.63) is 42.1 Å². The van der Waals surface area contributed by atoms with Crippen LogP contribution in [0.4, 0.5) is 0 Å². The van der Waals surface area contributed by atoms with Gasteiger partial charge < -0.3 is 11.1 Å². The Kier molecular flexibility index (Phi) is 5.75. The summed E-state index contributed by atoms with van der Waals surface area (Å²) in [6, 6.07) is 9.54. The first-order valence-electron chi connectivity index (χ1n) is 7.63. The largest absolute Gasteiger partial charge is 0.348 e. The molecule has 0 saturated heterocycles. The van der Waals surface area contributed by atoms with E-state index in [-0.39, 0.29) is 24.4 Å². The maximum Gasteiger partial charge on any atom is 0.251 e. The molecule has 5 heteroatoms. The number of hydrogen-bond donors (Lipinski definition) is 2. The van der Waals surface area contributed by atoms with E-state index in [1.807, 2.05) is 30.3 Å². The molecule has 1 aromatic heterocycles. The van der Waals surface area contributed by atoms with Crippen molar-refractivity contribution in [3.63, 3.8) is 0 Å². The van der Waals surface area contributed by atoms with E-state index in [9.17, 15) is 4.79 Å². The highest BCUT2D eigenvalue weighted by atomic mass is 35.5. The number of nitrogens with one attached hydrogen (secondary N) is 1. The van der Waals surface area contributed by atoms with Crippen molar-refractivity contribution >= 4 is 29.2 Å². The van der Waals surface area contributed by atoms with Crippen LogP contribution in [0.15, 0.2) is 36.5 Å². The zero-order valence-electron chi connectivity index (χ0n) is 12.5. The summed E-state index contributed by atoms with van der Waals surface area (Å²) in [5.74, 6) is 0.490. The fourth-order valence-electron chi connectivity index (χ4n) is 3.20. The number of amides is 1. The SMILES string of the molecule is Cl.NCC(NC(=O)c1ccc2ncccc2c1)C1CCCC1. The van der Waals surface area contributed by atoms with Gasteiger partial charge in [0.15, 0.2) is 0 Å². The van der Waals surface area contributed by atoms with Crippen LogP contribution in [0, 0.1) is 5.92 Å². The molecule has 3 N–H and O–H groups in total. The Labute approximate surface area is 136 Å². The molecule has 1 aliphatic rings. The zero-order chi connectivity index (χ0) is 14.7. The summed E-state index contributed by atoms with van der Waals surface area (Å²) in [5.41, 5.74) is 7.42. The van der Waals surface area contributed by atoms with E-state index in [1.165, 1.54) is 25.7 Å². The third-order valence-electron chi connectivity index (χ3n) is 4.40. The van der Waals surface area contributed by atoms with E-state index < -0.39 is 0 Å². The predicted molar refractivity (Wildman–Crippen MR) is 91.3 cm³/mol. The Bertz CT molecular complexity index is 641. The number of carbonyl (C=O) groups excluding carboxylic acids is 1. The lowest BCUT2D eigenvalue weighted by Gasteiger charge is -2.23. The lowest BCUT2D eigenvalue weighted by molar-refractivity contribution is 0.0924. The minimum absolute atomic E-state index is 0. The quantitative estimate of drug-likeness (QED) is 0.910. The number of carbonyl (C=O) groups is 1. The van der Waals surface area contributed by atoms with Crippen molar-refractivity contribution in [2.45, 2.75) is 31.7 Å². The van der Waals surface area contributed by atoms with E-state index in [2.05, 4.69) is 10.3 Å². The van der Waals surface area contributed by atoms with Gasteiger partial charge in [0.1, 0.15) is 0 Å². The van der Waals surface area contributed by atoms with Gasteiger partial charge in [0.05, 0.1) is 5.52 Å². The minimum Gasteiger partial charge on any atom is -0.348 e. The molecule has 1 heterocycles. The molecule has 1 fully saturated rings. The van der Waals surface area contributed by atoms with Gasteiger partial charge in [-0.25, -0.2) is 0 Å². The second-order valence-corrected chi connectivity index (χ2v) is 5.77. The maximum atomic E-state index is 12.4. The van der Waals surface area contributed by atoms with E-state index in [4.69, 9.17) is 5.73 Å². The Morgan fingerprint density at radius 3 is 2.82 bits per heavy atom. The molecule has 118 valence electrons. The van der Waals surface area contributed by atoms with E-state index in [1.54, 1.807) is 6.20 Å². The van der Waals surface area contributed by atoms with Gasteiger partial charge in [0, 0.05) is 29.7 Å². The second kappa shape index (κ2) is 7.56. The molecule has 1 saturated carbocycles. The highest BCUT2D eigenvalue weighted by Crippen LogP contribution is 2.27. The molecule has 2 aromatic rings. The van der Waals surface area contributed by atoms with Gasteiger partial charge in [0.2, 0.25) is 0 Å². The average Bonchev–Trinajstić information content (AvgIpc) is 3.06. The molecule has 0 radical (unpaired) electrons. The molecule has 3 rings (SSSR count). The topological polar surface area (TPSA) is 68.0 Å². The highest BCUT2D eigenvalue weighted by Gasteiger charge is 2.25. The van der Waals surface area contributed by atoms with Gasteiger partial charge in [-0.3, -0.25) is 9.78 Å². The lowest BCUT2D eigenvalue weighted by Crippen LogP contribution is -2.44. The standard InChI is InChI=1S/C17H21N3O.ClH/c18-11-16(12-4-1-2-5-12)20-17(21)14-7-8-15-13(10-14)6-3-9-19-15;/h3,6-10,12,16H,1-2,4-5,11,18H2,(H,20,21);1H. The van der Waals surface area contributed by atoms with Crippen LogP contribution in [0.1, 0.15) is 36.0 Å². The first kappa shape index (κ1) is 16.7. The van der Waals surface area contributed by atoms with Gasteiger partial charge in [-0.2, -0.15) is 0 Å². The maximum absolute atomic E-state index is 12.4. The van der Waals surface area contributed by atoms with E-state index in [0.717, 1.165) is 10.9 Å². The molecule has 1 aliphatic carbocycles. The van der Waals surface area contributed by atoms with Crippen molar-refractivity contribution in [3.8, 4) is 0 Å². The molecule has 1 atom stereocenters. The van der Waals surface area contributed by atoms with Crippen LogP contribution in [0.5, 0.6) is 0 Å². The summed E-state index contributed by atoms with van der Waals surface area (Å²) in [5, 5.41) is 4.09. The molecule has 4 nitrogen and oxygen atoms in total. The molecular formula is C17H22ClN3O. The fourth-order valence-corrected chi connectivity index (χ4v) is 3.20. The van der Waals surface area contributed by atoms with Gasteiger partial charge in [-0.15, -0.1) is 12.4 Å². The third kappa shape index (κ3) is 3.57. The Balaban J connectivity index is 0.00000176. The molecule has 22 heavy (non-hydrogen) atoms. The average molecular weight is 320 g/mol. The van der Waals surface area contributed by atoms with Crippen LogP contribution in [0.25, 0.3) is 10.9 Å². The summed E-state index contributed by atoms with van der Waals surface area (Å²) in [6.07, 6.45) is 6.59. The van der Waals surface area contributed by atoms with Crippen LogP contribution in [0.2, 0.25) is 0 Å². The molecule has 1 unspecified atom stereocenters. The Morgan fingerprint density at radius 1 is 1.32 bits per heavy atom. The van der Waals surface area contributed by atoms with Crippen LogP contribution in [-0.4, -0.2) is 23.5 Å².